The standard InChI is InChI=1S/C20H20N2O6S/c1-3-27-19(25)15-13(21-20(26)22-16(15)14-8-5-9-29-14)10-28-18(24)12-7-4-6-11(2)17(12)23/h4-9,16,23H,3,10H2,1-2H3,(H2,21,22,26). The fourth-order valence-corrected chi connectivity index (χ4v) is 3.67. The minimum Gasteiger partial charge on any atom is -0.507 e. The van der Waals surface area contributed by atoms with Crippen LogP contribution < -0.4 is 10.6 Å². The molecule has 1 aliphatic rings. The summed E-state index contributed by atoms with van der Waals surface area (Å²) >= 11 is 1.37. The Kier molecular flexibility index (Phi) is 6.18. The van der Waals surface area contributed by atoms with Gasteiger partial charge in [-0.3, -0.25) is 0 Å². The molecule has 9 heteroatoms. The van der Waals surface area contributed by atoms with Crippen molar-refractivity contribution < 1.29 is 29.0 Å². The summed E-state index contributed by atoms with van der Waals surface area (Å²) < 4.78 is 10.4. The summed E-state index contributed by atoms with van der Waals surface area (Å²) in [5.41, 5.74) is 0.818. The summed E-state index contributed by atoms with van der Waals surface area (Å²) in [6, 6.07) is 7.05. The third-order valence-electron chi connectivity index (χ3n) is 4.28. The molecule has 0 radical (unpaired) electrons. The first-order valence-electron chi connectivity index (χ1n) is 8.89. The molecular formula is C20H20N2O6S. The molecule has 0 spiro atoms. The molecule has 1 aromatic carbocycles. The number of hydrogen-bond acceptors (Lipinski definition) is 7. The van der Waals surface area contributed by atoms with Crippen molar-refractivity contribution in [3.05, 3.63) is 63.0 Å². The molecule has 2 aromatic rings. The number of benzene rings is 1. The van der Waals surface area contributed by atoms with Crippen molar-refractivity contribution in [2.24, 2.45) is 0 Å². The van der Waals surface area contributed by atoms with E-state index in [1.54, 1.807) is 38.1 Å². The summed E-state index contributed by atoms with van der Waals surface area (Å²) in [4.78, 5) is 37.9. The maximum atomic E-state index is 12.6. The molecule has 0 aliphatic carbocycles. The van der Waals surface area contributed by atoms with E-state index in [4.69, 9.17) is 9.47 Å². The normalized spacial score (nSPS) is 16.1. The van der Waals surface area contributed by atoms with Gasteiger partial charge in [0.05, 0.1) is 23.9 Å². The number of urea groups is 1. The van der Waals surface area contributed by atoms with E-state index < -0.39 is 24.0 Å². The number of hydrogen-bond donors (Lipinski definition) is 3. The molecule has 0 saturated carbocycles. The quantitative estimate of drug-likeness (QED) is 0.624. The maximum absolute atomic E-state index is 12.6. The molecule has 1 atom stereocenters. The SMILES string of the molecule is CCOC(=O)C1=C(COC(=O)c2cccc(C)c2O)NC(=O)NC1c1cccs1. The van der Waals surface area contributed by atoms with Gasteiger partial charge < -0.3 is 25.2 Å². The van der Waals surface area contributed by atoms with Crippen LogP contribution in [0.2, 0.25) is 0 Å². The van der Waals surface area contributed by atoms with Crippen LogP contribution in [0.25, 0.3) is 0 Å². The van der Waals surface area contributed by atoms with Gasteiger partial charge in [0.2, 0.25) is 0 Å². The van der Waals surface area contributed by atoms with E-state index in [9.17, 15) is 19.5 Å². The van der Waals surface area contributed by atoms with Gasteiger partial charge in [-0.1, -0.05) is 18.2 Å². The lowest BCUT2D eigenvalue weighted by atomic mass is 10.0. The smallest absolute Gasteiger partial charge is 0.342 e. The number of thiophene rings is 1. The second-order valence-corrected chi connectivity index (χ2v) is 7.19. The van der Waals surface area contributed by atoms with E-state index in [-0.39, 0.29) is 35.8 Å². The van der Waals surface area contributed by atoms with Gasteiger partial charge in [-0.25, -0.2) is 14.4 Å². The highest BCUT2D eigenvalue weighted by atomic mass is 32.1. The number of para-hydroxylation sites is 1. The number of aryl methyl sites for hydroxylation is 1. The predicted molar refractivity (Wildman–Crippen MR) is 106 cm³/mol. The lowest BCUT2D eigenvalue weighted by Gasteiger charge is -2.28. The van der Waals surface area contributed by atoms with Crippen LogP contribution in [-0.2, 0) is 14.3 Å². The average molecular weight is 416 g/mol. The largest absolute Gasteiger partial charge is 0.507 e. The highest BCUT2D eigenvalue weighted by molar-refractivity contribution is 7.10. The number of carbonyl (C=O) groups excluding carboxylic acids is 3. The van der Waals surface area contributed by atoms with Gasteiger partial charge in [0.15, 0.2) is 0 Å². The van der Waals surface area contributed by atoms with E-state index in [1.165, 1.54) is 17.4 Å². The Bertz CT molecular complexity index is 967. The van der Waals surface area contributed by atoms with Crippen LogP contribution in [0, 0.1) is 6.92 Å². The number of esters is 2. The molecule has 0 fully saturated rings. The summed E-state index contributed by atoms with van der Waals surface area (Å²) in [7, 11) is 0. The highest BCUT2D eigenvalue weighted by Gasteiger charge is 2.34. The van der Waals surface area contributed by atoms with Gasteiger partial charge in [0.25, 0.3) is 0 Å². The van der Waals surface area contributed by atoms with Gasteiger partial charge >= 0.3 is 18.0 Å². The van der Waals surface area contributed by atoms with Crippen molar-refractivity contribution in [3.8, 4) is 5.75 Å². The Labute approximate surface area is 171 Å². The number of phenolic OH excluding ortho intramolecular Hbond substituents is 1. The van der Waals surface area contributed by atoms with Gasteiger partial charge in [0, 0.05) is 4.88 Å². The van der Waals surface area contributed by atoms with Gasteiger partial charge in [-0.15, -0.1) is 11.3 Å². The van der Waals surface area contributed by atoms with Crippen LogP contribution in [0.3, 0.4) is 0 Å². The van der Waals surface area contributed by atoms with Crippen LogP contribution in [-0.4, -0.2) is 36.3 Å². The second-order valence-electron chi connectivity index (χ2n) is 6.21. The summed E-state index contributed by atoms with van der Waals surface area (Å²) in [6.45, 7) is 3.12. The molecule has 2 heterocycles. The van der Waals surface area contributed by atoms with Crippen molar-refractivity contribution in [2.75, 3.05) is 13.2 Å². The van der Waals surface area contributed by atoms with Crippen LogP contribution in [0.1, 0.15) is 33.8 Å². The minimum atomic E-state index is -0.776. The summed E-state index contributed by atoms with van der Waals surface area (Å²) in [5, 5.41) is 17.1. The first-order chi connectivity index (χ1) is 13.9. The van der Waals surface area contributed by atoms with Crippen LogP contribution in [0.4, 0.5) is 4.79 Å². The van der Waals surface area contributed by atoms with E-state index in [0.29, 0.717) is 5.56 Å². The molecule has 8 nitrogen and oxygen atoms in total. The first-order valence-corrected chi connectivity index (χ1v) is 9.77. The Morgan fingerprint density at radius 3 is 2.66 bits per heavy atom. The predicted octanol–water partition coefficient (Wildman–Crippen LogP) is 2.79. The van der Waals surface area contributed by atoms with Crippen molar-refractivity contribution in [3.63, 3.8) is 0 Å². The van der Waals surface area contributed by atoms with Crippen LogP contribution in [0.5, 0.6) is 5.75 Å². The first kappa shape index (κ1) is 20.4. The van der Waals surface area contributed by atoms with E-state index in [1.807, 2.05) is 5.38 Å². The molecule has 0 bridgehead atoms. The minimum absolute atomic E-state index is 0.00153. The summed E-state index contributed by atoms with van der Waals surface area (Å²) in [6.07, 6.45) is 0. The number of ether oxygens (including phenoxy) is 2. The number of phenols is 1. The molecule has 29 heavy (non-hydrogen) atoms. The second kappa shape index (κ2) is 8.78. The topological polar surface area (TPSA) is 114 Å². The average Bonchev–Trinajstić information content (AvgIpc) is 3.22. The lowest BCUT2D eigenvalue weighted by molar-refractivity contribution is -0.139. The van der Waals surface area contributed by atoms with Gasteiger partial charge in [-0.05, 0) is 36.9 Å². The Hall–Kier alpha value is -3.33. The molecule has 152 valence electrons. The van der Waals surface area contributed by atoms with E-state index in [0.717, 1.165) is 4.88 Å². The third-order valence-corrected chi connectivity index (χ3v) is 5.22. The molecule has 3 N–H and O–H groups in total. The number of nitrogens with one attached hydrogen (secondary N) is 2. The van der Waals surface area contributed by atoms with Crippen LogP contribution in [0.15, 0.2) is 47.0 Å². The molecule has 0 saturated heterocycles. The van der Waals surface area contributed by atoms with E-state index in [2.05, 4.69) is 10.6 Å². The maximum Gasteiger partial charge on any atom is 0.342 e. The summed E-state index contributed by atoms with van der Waals surface area (Å²) in [5.74, 6) is -1.58. The Morgan fingerprint density at radius 1 is 1.17 bits per heavy atom. The van der Waals surface area contributed by atoms with Gasteiger partial charge in [-0.2, -0.15) is 0 Å². The fourth-order valence-electron chi connectivity index (χ4n) is 2.89. The van der Waals surface area contributed by atoms with E-state index >= 15 is 0 Å². The van der Waals surface area contributed by atoms with Crippen LogP contribution >= 0.6 is 11.3 Å². The number of amides is 2. The molecule has 1 aliphatic heterocycles. The number of aromatic hydroxyl groups is 1. The molecular weight excluding hydrogens is 396 g/mol. The number of carbonyl (C=O) groups is 3. The molecule has 3 rings (SSSR count). The Balaban J connectivity index is 1.90. The van der Waals surface area contributed by atoms with Gasteiger partial charge in [0.1, 0.15) is 17.9 Å². The Morgan fingerprint density at radius 2 is 1.97 bits per heavy atom. The fraction of sp³-hybridized carbons (Fsp3) is 0.250. The monoisotopic (exact) mass is 416 g/mol. The third kappa shape index (κ3) is 4.40. The molecule has 1 aromatic heterocycles. The molecule has 1 unspecified atom stereocenters. The number of rotatable bonds is 6. The van der Waals surface area contributed by atoms with Crippen molar-refractivity contribution in [1.82, 2.24) is 10.6 Å². The lowest BCUT2D eigenvalue weighted by Crippen LogP contribution is -2.46. The van der Waals surface area contributed by atoms with Crippen molar-refractivity contribution in [1.29, 1.82) is 0 Å². The zero-order valence-electron chi connectivity index (χ0n) is 15.9. The van der Waals surface area contributed by atoms with Crippen molar-refractivity contribution in [2.45, 2.75) is 19.9 Å². The van der Waals surface area contributed by atoms with Crippen molar-refractivity contribution >= 4 is 29.3 Å². The molecule has 2 amide bonds. The zero-order valence-corrected chi connectivity index (χ0v) is 16.7. The highest BCUT2D eigenvalue weighted by Crippen LogP contribution is 2.31. The zero-order chi connectivity index (χ0) is 21.0.